The Bertz CT molecular complexity index is 664. The predicted octanol–water partition coefficient (Wildman–Crippen LogP) is 1.01. The summed E-state index contributed by atoms with van der Waals surface area (Å²) in [5.74, 6) is 4.58. The highest BCUT2D eigenvalue weighted by molar-refractivity contribution is 6.27. The molecule has 0 atom stereocenters. The highest BCUT2D eigenvalue weighted by Crippen LogP contribution is 2.31. The Labute approximate surface area is 96.6 Å². The normalized spacial score (nSPS) is 13.7. The van der Waals surface area contributed by atoms with Gasteiger partial charge in [0.15, 0.2) is 0 Å². The number of benzene rings is 2. The molecule has 0 saturated carbocycles. The maximum absolute atomic E-state index is 11.8. The Morgan fingerprint density at radius 1 is 1.06 bits per heavy atom. The van der Waals surface area contributed by atoms with E-state index < -0.39 is 5.91 Å². The van der Waals surface area contributed by atoms with Crippen LogP contribution in [0.15, 0.2) is 30.3 Å². The summed E-state index contributed by atoms with van der Waals surface area (Å²) in [7, 11) is 0. The van der Waals surface area contributed by atoms with Crippen LogP contribution in [-0.4, -0.2) is 11.8 Å². The van der Waals surface area contributed by atoms with Crippen LogP contribution in [-0.2, 0) is 0 Å². The summed E-state index contributed by atoms with van der Waals surface area (Å²) < 4.78 is 0. The Kier molecular flexibility index (Phi) is 1.90. The van der Waals surface area contributed by atoms with E-state index in [0.717, 1.165) is 5.39 Å². The molecule has 3 rings (SSSR count). The number of anilines is 1. The van der Waals surface area contributed by atoms with E-state index in [1.165, 1.54) is 0 Å². The van der Waals surface area contributed by atoms with Crippen molar-refractivity contribution >= 4 is 28.3 Å². The van der Waals surface area contributed by atoms with Crippen LogP contribution in [0, 0.1) is 0 Å². The van der Waals surface area contributed by atoms with Crippen LogP contribution in [0.1, 0.15) is 20.7 Å². The third kappa shape index (κ3) is 1.23. The van der Waals surface area contributed by atoms with Crippen molar-refractivity contribution < 1.29 is 9.59 Å². The molecule has 0 fully saturated rings. The molecular weight excluding hydrogens is 218 g/mol. The molecule has 2 aromatic rings. The minimum atomic E-state index is -0.424. The van der Waals surface area contributed by atoms with Gasteiger partial charge in [-0.1, -0.05) is 18.2 Å². The van der Waals surface area contributed by atoms with Gasteiger partial charge in [-0.2, -0.15) is 0 Å². The van der Waals surface area contributed by atoms with Gasteiger partial charge in [-0.05, 0) is 17.5 Å². The molecule has 5 nitrogen and oxygen atoms in total. The molecule has 84 valence electrons. The number of carbonyl (C=O) groups excluding carboxylic acids is 2. The van der Waals surface area contributed by atoms with Crippen molar-refractivity contribution in [3.8, 4) is 0 Å². The van der Waals surface area contributed by atoms with Crippen molar-refractivity contribution in [2.45, 2.75) is 0 Å². The molecule has 5 heteroatoms. The number of amides is 2. The fraction of sp³-hybridized carbons (Fsp3) is 0. The summed E-state index contributed by atoms with van der Waals surface area (Å²) in [5, 5.41) is 3.79. The van der Waals surface area contributed by atoms with Gasteiger partial charge in [-0.3, -0.25) is 20.7 Å². The Balaban J connectivity index is 2.53. The van der Waals surface area contributed by atoms with Crippen molar-refractivity contribution in [2.75, 3.05) is 5.43 Å². The van der Waals surface area contributed by atoms with E-state index in [2.05, 4.69) is 10.7 Å². The molecule has 0 saturated heterocycles. The Morgan fingerprint density at radius 2 is 1.88 bits per heavy atom. The molecule has 17 heavy (non-hydrogen) atoms. The minimum absolute atomic E-state index is 0.373. The van der Waals surface area contributed by atoms with Gasteiger partial charge < -0.3 is 5.43 Å². The first-order chi connectivity index (χ1) is 8.22. The second-order valence-corrected chi connectivity index (χ2v) is 3.82. The molecule has 1 aliphatic rings. The molecule has 0 aromatic heterocycles. The van der Waals surface area contributed by atoms with Crippen LogP contribution in [0.3, 0.4) is 0 Å². The molecule has 0 unspecified atom stereocenters. The second kappa shape index (κ2) is 3.29. The number of nitrogens with two attached hydrogens (primary N) is 1. The van der Waals surface area contributed by atoms with Gasteiger partial charge in [0.2, 0.25) is 0 Å². The van der Waals surface area contributed by atoms with Gasteiger partial charge in [0.1, 0.15) is 0 Å². The van der Waals surface area contributed by atoms with Gasteiger partial charge in [-0.15, -0.1) is 0 Å². The maximum atomic E-state index is 11.8. The van der Waals surface area contributed by atoms with Crippen LogP contribution in [0.4, 0.5) is 5.69 Å². The summed E-state index contributed by atoms with van der Waals surface area (Å²) >= 11 is 0. The first kappa shape index (κ1) is 9.80. The summed E-state index contributed by atoms with van der Waals surface area (Å²) in [6.45, 7) is 0. The van der Waals surface area contributed by atoms with Gasteiger partial charge in [0.25, 0.3) is 11.8 Å². The fourth-order valence-electron chi connectivity index (χ4n) is 2.16. The van der Waals surface area contributed by atoms with Gasteiger partial charge in [-0.25, -0.2) is 0 Å². The van der Waals surface area contributed by atoms with Crippen LogP contribution >= 0.6 is 0 Å². The monoisotopic (exact) mass is 227 g/mol. The number of hydrazine groups is 1. The van der Waals surface area contributed by atoms with Crippen molar-refractivity contribution in [1.29, 1.82) is 0 Å². The number of nitrogen functional groups attached to an aromatic ring is 1. The van der Waals surface area contributed by atoms with Crippen LogP contribution in [0.5, 0.6) is 0 Å². The number of hydrogen-bond donors (Lipinski definition) is 3. The molecule has 0 bridgehead atoms. The van der Waals surface area contributed by atoms with E-state index in [4.69, 9.17) is 5.84 Å². The topological polar surface area (TPSA) is 84.2 Å². The summed E-state index contributed by atoms with van der Waals surface area (Å²) in [5.41, 5.74) is 3.89. The lowest BCUT2D eigenvalue weighted by molar-refractivity contribution is 0.0845. The zero-order valence-electron chi connectivity index (χ0n) is 8.78. The predicted molar refractivity (Wildman–Crippen MR) is 63.6 cm³/mol. The third-order valence-corrected chi connectivity index (χ3v) is 2.90. The van der Waals surface area contributed by atoms with Gasteiger partial charge in [0.05, 0.1) is 11.3 Å². The standard InChI is InChI=1S/C12H9N3O2/c13-15-8-5-4-6-2-1-3-7-9(6)10(8)12(17)14-11(7)16/h1-5,15H,13H2,(H,14,16,17). The molecule has 0 aliphatic carbocycles. The van der Waals surface area contributed by atoms with Crippen molar-refractivity contribution in [3.05, 3.63) is 41.5 Å². The largest absolute Gasteiger partial charge is 0.323 e. The molecular formula is C12H9N3O2. The van der Waals surface area contributed by atoms with Gasteiger partial charge in [0, 0.05) is 10.9 Å². The Morgan fingerprint density at radius 3 is 2.65 bits per heavy atom. The lowest BCUT2D eigenvalue weighted by Gasteiger charge is -2.19. The van der Waals surface area contributed by atoms with Crippen molar-refractivity contribution in [3.63, 3.8) is 0 Å². The molecule has 4 N–H and O–H groups in total. The number of imide groups is 1. The average molecular weight is 227 g/mol. The lowest BCUT2D eigenvalue weighted by atomic mass is 9.94. The zero-order valence-corrected chi connectivity index (χ0v) is 8.78. The molecule has 0 spiro atoms. The van der Waals surface area contributed by atoms with Crippen molar-refractivity contribution in [2.24, 2.45) is 5.84 Å². The van der Waals surface area contributed by atoms with E-state index in [0.29, 0.717) is 22.2 Å². The fourth-order valence-corrected chi connectivity index (χ4v) is 2.16. The molecule has 2 amide bonds. The van der Waals surface area contributed by atoms with E-state index >= 15 is 0 Å². The quantitative estimate of drug-likeness (QED) is 0.385. The summed E-state index contributed by atoms with van der Waals surface area (Å²) in [6.07, 6.45) is 0. The summed E-state index contributed by atoms with van der Waals surface area (Å²) in [6, 6.07) is 8.87. The SMILES string of the molecule is NNc1ccc2cccc3c2c1C(=O)NC3=O. The average Bonchev–Trinajstić information content (AvgIpc) is 2.35. The van der Waals surface area contributed by atoms with E-state index in [-0.39, 0.29) is 5.91 Å². The van der Waals surface area contributed by atoms with Crippen LogP contribution < -0.4 is 16.6 Å². The minimum Gasteiger partial charge on any atom is -0.323 e. The second-order valence-electron chi connectivity index (χ2n) is 3.82. The lowest BCUT2D eigenvalue weighted by Crippen LogP contribution is -2.35. The zero-order chi connectivity index (χ0) is 12.0. The summed E-state index contributed by atoms with van der Waals surface area (Å²) in [4.78, 5) is 23.5. The number of rotatable bonds is 1. The van der Waals surface area contributed by atoms with E-state index in [1.54, 1.807) is 18.2 Å². The molecule has 1 aliphatic heterocycles. The smallest absolute Gasteiger partial charge is 0.260 e. The number of carbonyl (C=O) groups is 2. The number of nitrogens with one attached hydrogen (secondary N) is 2. The van der Waals surface area contributed by atoms with Gasteiger partial charge >= 0.3 is 0 Å². The molecule has 0 radical (unpaired) electrons. The highest BCUT2D eigenvalue weighted by atomic mass is 16.2. The molecule has 1 heterocycles. The molecule has 2 aromatic carbocycles. The van der Waals surface area contributed by atoms with Crippen molar-refractivity contribution in [1.82, 2.24) is 5.32 Å². The van der Waals surface area contributed by atoms with E-state index in [9.17, 15) is 9.59 Å². The van der Waals surface area contributed by atoms with Crippen LogP contribution in [0.25, 0.3) is 10.8 Å². The first-order valence-corrected chi connectivity index (χ1v) is 5.10. The third-order valence-electron chi connectivity index (χ3n) is 2.90. The number of hydrogen-bond acceptors (Lipinski definition) is 4. The Hall–Kier alpha value is -2.40. The first-order valence-electron chi connectivity index (χ1n) is 5.10. The highest BCUT2D eigenvalue weighted by Gasteiger charge is 2.26. The van der Waals surface area contributed by atoms with Crippen LogP contribution in [0.2, 0.25) is 0 Å². The maximum Gasteiger partial charge on any atom is 0.260 e. The van der Waals surface area contributed by atoms with E-state index in [1.807, 2.05) is 12.1 Å².